The molecule has 0 spiro atoms. The van der Waals surface area contributed by atoms with Crippen LogP contribution in [-0.2, 0) is 16.0 Å². The Labute approximate surface area is 173 Å². The van der Waals surface area contributed by atoms with Crippen LogP contribution in [0.2, 0.25) is 0 Å². The predicted molar refractivity (Wildman–Crippen MR) is 110 cm³/mol. The van der Waals surface area contributed by atoms with Crippen LogP contribution in [0.3, 0.4) is 0 Å². The molecule has 3 rings (SSSR count). The third-order valence-electron chi connectivity index (χ3n) is 4.46. The van der Waals surface area contributed by atoms with Gasteiger partial charge in [-0.2, -0.15) is 5.10 Å². The first kappa shape index (κ1) is 21.0. The molecule has 30 heavy (non-hydrogen) atoms. The zero-order chi connectivity index (χ0) is 21.7. The minimum atomic E-state index is -0.517. The molecule has 0 aliphatic carbocycles. The van der Waals surface area contributed by atoms with E-state index in [0.29, 0.717) is 28.2 Å². The van der Waals surface area contributed by atoms with E-state index in [0.717, 1.165) is 0 Å². The number of nitrogens with zero attached hydrogens (tertiary/aromatic N) is 2. The lowest BCUT2D eigenvalue weighted by molar-refractivity contribution is -0.115. The Morgan fingerprint density at radius 3 is 2.70 bits per heavy atom. The highest BCUT2D eigenvalue weighted by Crippen LogP contribution is 2.20. The number of aromatic nitrogens is 2. The lowest BCUT2D eigenvalue weighted by atomic mass is 10.1. The van der Waals surface area contributed by atoms with E-state index in [1.807, 2.05) is 6.07 Å². The van der Waals surface area contributed by atoms with Crippen molar-refractivity contribution in [3.05, 3.63) is 71.3 Å². The molecule has 0 saturated carbocycles. The number of carbonyl (C=O) groups excluding carboxylic acids is 2. The number of amides is 1. The fraction of sp³-hybridized carbons (Fsp3) is 0.227. The maximum Gasteiger partial charge on any atom is 0.341 e. The average Bonchev–Trinajstić information content (AvgIpc) is 3.10. The lowest BCUT2D eigenvalue weighted by Gasteiger charge is -2.10. The van der Waals surface area contributed by atoms with Gasteiger partial charge >= 0.3 is 5.97 Å². The SMILES string of the molecule is CCOC(=O)c1cnn(-c2cccc(NC(=O)Cc3ccc(OC)c(F)c3)c2)c1C. The van der Waals surface area contributed by atoms with Gasteiger partial charge in [0.15, 0.2) is 11.6 Å². The molecule has 3 aromatic rings. The van der Waals surface area contributed by atoms with Gasteiger partial charge in [-0.15, -0.1) is 0 Å². The third-order valence-corrected chi connectivity index (χ3v) is 4.46. The number of benzene rings is 2. The summed E-state index contributed by atoms with van der Waals surface area (Å²) in [5, 5.41) is 7.05. The Bertz CT molecular complexity index is 1080. The number of hydrogen-bond acceptors (Lipinski definition) is 5. The molecule has 1 aromatic heterocycles. The maximum atomic E-state index is 13.8. The molecule has 0 atom stereocenters. The molecule has 7 nitrogen and oxygen atoms in total. The van der Waals surface area contributed by atoms with Gasteiger partial charge in [0.2, 0.25) is 5.91 Å². The Balaban J connectivity index is 1.74. The van der Waals surface area contributed by atoms with Crippen LogP contribution in [0.4, 0.5) is 10.1 Å². The molecule has 0 bridgehead atoms. The number of nitrogens with one attached hydrogen (secondary N) is 1. The fourth-order valence-corrected chi connectivity index (χ4v) is 3.00. The number of rotatable bonds is 7. The van der Waals surface area contributed by atoms with Gasteiger partial charge in [0, 0.05) is 5.69 Å². The quantitative estimate of drug-likeness (QED) is 0.600. The minimum Gasteiger partial charge on any atom is -0.494 e. The van der Waals surface area contributed by atoms with Crippen LogP contribution in [0.25, 0.3) is 5.69 Å². The van der Waals surface area contributed by atoms with Gasteiger partial charge in [0.25, 0.3) is 0 Å². The molecule has 1 amide bonds. The van der Waals surface area contributed by atoms with Crippen molar-refractivity contribution in [2.24, 2.45) is 0 Å². The molecule has 2 aromatic carbocycles. The van der Waals surface area contributed by atoms with Crippen molar-refractivity contribution in [2.45, 2.75) is 20.3 Å². The molecule has 0 saturated heterocycles. The van der Waals surface area contributed by atoms with Crippen molar-refractivity contribution < 1.29 is 23.5 Å². The van der Waals surface area contributed by atoms with Crippen molar-refractivity contribution in [1.29, 1.82) is 0 Å². The fourth-order valence-electron chi connectivity index (χ4n) is 3.00. The molecule has 1 N–H and O–H groups in total. The van der Waals surface area contributed by atoms with Crippen LogP contribution in [0.1, 0.15) is 28.5 Å². The Morgan fingerprint density at radius 2 is 2.00 bits per heavy atom. The first-order valence-electron chi connectivity index (χ1n) is 9.37. The van der Waals surface area contributed by atoms with Crippen LogP contribution in [0, 0.1) is 12.7 Å². The van der Waals surface area contributed by atoms with E-state index in [1.54, 1.807) is 42.8 Å². The van der Waals surface area contributed by atoms with Gasteiger partial charge in [-0.1, -0.05) is 12.1 Å². The predicted octanol–water partition coefficient (Wildman–Crippen LogP) is 3.69. The van der Waals surface area contributed by atoms with Crippen molar-refractivity contribution in [2.75, 3.05) is 19.0 Å². The highest BCUT2D eigenvalue weighted by Gasteiger charge is 2.16. The van der Waals surface area contributed by atoms with Crippen LogP contribution in [-0.4, -0.2) is 35.4 Å². The van der Waals surface area contributed by atoms with E-state index in [1.165, 1.54) is 25.4 Å². The monoisotopic (exact) mass is 411 g/mol. The molecule has 8 heteroatoms. The summed E-state index contributed by atoms with van der Waals surface area (Å²) in [4.78, 5) is 24.4. The first-order valence-corrected chi connectivity index (χ1v) is 9.37. The molecule has 0 aliphatic heterocycles. The largest absolute Gasteiger partial charge is 0.494 e. The van der Waals surface area contributed by atoms with Crippen molar-refractivity contribution in [1.82, 2.24) is 9.78 Å². The summed E-state index contributed by atoms with van der Waals surface area (Å²) in [6.07, 6.45) is 1.47. The Hall–Kier alpha value is -3.68. The van der Waals surface area contributed by atoms with E-state index in [2.05, 4.69) is 10.4 Å². The van der Waals surface area contributed by atoms with Crippen molar-refractivity contribution in [3.8, 4) is 11.4 Å². The van der Waals surface area contributed by atoms with E-state index in [-0.39, 0.29) is 24.7 Å². The van der Waals surface area contributed by atoms with Crippen LogP contribution >= 0.6 is 0 Å². The summed E-state index contributed by atoms with van der Waals surface area (Å²) in [5.74, 6) is -1.11. The molecule has 0 unspecified atom stereocenters. The number of ether oxygens (including phenoxy) is 2. The standard InChI is InChI=1S/C22H22FN3O4/c1-4-30-22(28)18-13-24-26(14(18)2)17-7-5-6-16(12-17)25-21(27)11-15-8-9-20(29-3)19(23)10-15/h5-10,12-13H,4,11H2,1-3H3,(H,25,27). The van der Waals surface area contributed by atoms with Gasteiger partial charge in [-0.25, -0.2) is 13.9 Å². The highest BCUT2D eigenvalue weighted by molar-refractivity contribution is 5.92. The molecule has 156 valence electrons. The van der Waals surface area contributed by atoms with Crippen LogP contribution in [0.15, 0.2) is 48.7 Å². The average molecular weight is 411 g/mol. The lowest BCUT2D eigenvalue weighted by Crippen LogP contribution is -2.15. The smallest absolute Gasteiger partial charge is 0.341 e. The number of methoxy groups -OCH3 is 1. The van der Waals surface area contributed by atoms with Gasteiger partial charge in [0.1, 0.15) is 5.56 Å². The summed E-state index contributed by atoms with van der Waals surface area (Å²) < 4.78 is 25.3. The van der Waals surface area contributed by atoms with Crippen molar-refractivity contribution >= 4 is 17.6 Å². The summed E-state index contributed by atoms with van der Waals surface area (Å²) >= 11 is 0. The zero-order valence-corrected chi connectivity index (χ0v) is 16.9. The van der Waals surface area contributed by atoms with E-state index in [4.69, 9.17) is 9.47 Å². The topological polar surface area (TPSA) is 82.5 Å². The number of hydrogen-bond donors (Lipinski definition) is 1. The second-order valence-electron chi connectivity index (χ2n) is 6.52. The third kappa shape index (κ3) is 4.65. The molecular formula is C22H22FN3O4. The van der Waals surface area contributed by atoms with E-state index in [9.17, 15) is 14.0 Å². The normalized spacial score (nSPS) is 10.5. The summed E-state index contributed by atoms with van der Waals surface area (Å²) in [6, 6.07) is 11.5. The summed E-state index contributed by atoms with van der Waals surface area (Å²) in [7, 11) is 1.38. The second kappa shape index (κ2) is 9.21. The zero-order valence-electron chi connectivity index (χ0n) is 16.9. The molecule has 0 aliphatic rings. The Kier molecular flexibility index (Phi) is 6.46. The molecule has 0 radical (unpaired) electrons. The molecular weight excluding hydrogens is 389 g/mol. The second-order valence-corrected chi connectivity index (χ2v) is 6.52. The first-order chi connectivity index (χ1) is 14.4. The number of halogens is 1. The summed E-state index contributed by atoms with van der Waals surface area (Å²) in [6.45, 7) is 3.79. The van der Waals surface area contributed by atoms with Crippen molar-refractivity contribution in [3.63, 3.8) is 0 Å². The van der Waals surface area contributed by atoms with Crippen LogP contribution < -0.4 is 10.1 Å². The minimum absolute atomic E-state index is 0.0128. The Morgan fingerprint density at radius 1 is 1.20 bits per heavy atom. The summed E-state index contributed by atoms with van der Waals surface area (Å²) in [5.41, 5.74) is 2.78. The van der Waals surface area contributed by atoms with E-state index < -0.39 is 11.8 Å². The van der Waals surface area contributed by atoms with Crippen LogP contribution in [0.5, 0.6) is 5.75 Å². The van der Waals surface area contributed by atoms with E-state index >= 15 is 0 Å². The molecule has 0 fully saturated rings. The highest BCUT2D eigenvalue weighted by atomic mass is 19.1. The van der Waals surface area contributed by atoms with Gasteiger partial charge in [0.05, 0.1) is 37.7 Å². The van der Waals surface area contributed by atoms with Gasteiger partial charge < -0.3 is 14.8 Å². The van der Waals surface area contributed by atoms with Gasteiger partial charge in [-0.05, 0) is 49.7 Å². The maximum absolute atomic E-state index is 13.8. The van der Waals surface area contributed by atoms with Gasteiger partial charge in [-0.3, -0.25) is 4.79 Å². The number of esters is 1. The number of anilines is 1. The number of carbonyl (C=O) groups is 2. The molecule has 1 heterocycles.